The molecule has 1 aromatic rings. The maximum atomic E-state index is 11.8. The quantitative estimate of drug-likeness (QED) is 0.810. The van der Waals surface area contributed by atoms with Gasteiger partial charge >= 0.3 is 5.97 Å². The first-order chi connectivity index (χ1) is 10.0. The van der Waals surface area contributed by atoms with Crippen molar-refractivity contribution < 1.29 is 9.90 Å². The Balaban J connectivity index is 1.74. The average Bonchev–Trinajstić information content (AvgIpc) is 2.66. The molecule has 2 aliphatic rings. The van der Waals surface area contributed by atoms with E-state index in [4.69, 9.17) is 11.6 Å². The summed E-state index contributed by atoms with van der Waals surface area (Å²) in [4.78, 5) is 12.8. The van der Waals surface area contributed by atoms with Crippen LogP contribution in [0.25, 0.3) is 0 Å². The minimum Gasteiger partial charge on any atom is -0.480 e. The van der Waals surface area contributed by atoms with Crippen LogP contribution in [-0.4, -0.2) is 15.8 Å². The molecule has 0 aliphatic heterocycles. The van der Waals surface area contributed by atoms with Crippen molar-refractivity contribution in [2.24, 2.45) is 5.41 Å². The third-order valence-electron chi connectivity index (χ3n) is 5.00. The molecule has 114 valence electrons. The van der Waals surface area contributed by atoms with Crippen LogP contribution in [0, 0.1) is 5.41 Å². The van der Waals surface area contributed by atoms with E-state index in [2.05, 4.69) is 0 Å². The predicted octanol–water partition coefficient (Wildman–Crippen LogP) is 5.39. The van der Waals surface area contributed by atoms with Crippen LogP contribution in [0.4, 0.5) is 0 Å². The van der Waals surface area contributed by atoms with E-state index in [1.165, 1.54) is 50.3 Å². The van der Waals surface area contributed by atoms with E-state index < -0.39 is 10.7 Å². The van der Waals surface area contributed by atoms with Gasteiger partial charge in [0.25, 0.3) is 0 Å². The molecule has 1 aromatic carbocycles. The summed E-state index contributed by atoms with van der Waals surface area (Å²) in [6, 6.07) is 7.52. The van der Waals surface area contributed by atoms with Gasteiger partial charge in [-0.25, -0.2) is 0 Å². The Hall–Kier alpha value is -0.670. The Labute approximate surface area is 135 Å². The number of rotatable bonds is 3. The molecule has 0 heterocycles. The van der Waals surface area contributed by atoms with E-state index in [1.807, 2.05) is 24.3 Å². The van der Waals surface area contributed by atoms with Crippen LogP contribution in [0.1, 0.15) is 51.4 Å². The average molecular weight is 325 g/mol. The largest absolute Gasteiger partial charge is 0.480 e. The van der Waals surface area contributed by atoms with E-state index in [9.17, 15) is 9.90 Å². The third kappa shape index (κ3) is 3.09. The molecule has 21 heavy (non-hydrogen) atoms. The summed E-state index contributed by atoms with van der Waals surface area (Å²) in [5.74, 6) is -0.655. The van der Waals surface area contributed by atoms with Crippen LogP contribution < -0.4 is 0 Å². The van der Waals surface area contributed by atoms with Gasteiger partial charge in [-0.05, 0) is 55.4 Å². The predicted molar refractivity (Wildman–Crippen MR) is 87.0 cm³/mol. The van der Waals surface area contributed by atoms with Gasteiger partial charge < -0.3 is 5.11 Å². The van der Waals surface area contributed by atoms with Gasteiger partial charge in [0.05, 0.1) is 0 Å². The molecule has 0 radical (unpaired) electrons. The van der Waals surface area contributed by atoms with Gasteiger partial charge in [0.1, 0.15) is 4.75 Å². The summed E-state index contributed by atoms with van der Waals surface area (Å²) in [5, 5.41) is 10.4. The zero-order valence-electron chi connectivity index (χ0n) is 12.1. The number of benzene rings is 1. The molecule has 0 atom stereocenters. The highest BCUT2D eigenvalue weighted by Gasteiger charge is 2.59. The highest BCUT2D eigenvalue weighted by molar-refractivity contribution is 8.01. The molecule has 0 bridgehead atoms. The molecule has 2 fully saturated rings. The maximum Gasteiger partial charge on any atom is 0.320 e. The van der Waals surface area contributed by atoms with Crippen molar-refractivity contribution in [2.45, 2.75) is 61.0 Å². The van der Waals surface area contributed by atoms with Crippen molar-refractivity contribution >= 4 is 29.3 Å². The Bertz CT molecular complexity index is 510. The second-order valence-electron chi connectivity index (χ2n) is 6.62. The topological polar surface area (TPSA) is 37.3 Å². The van der Waals surface area contributed by atoms with E-state index in [-0.39, 0.29) is 0 Å². The molecule has 2 saturated carbocycles. The standard InChI is InChI=1S/C17H21ClO2S/c18-13-5-7-14(8-6-13)21-17(15(19)20)11-16(12-17)9-3-1-2-4-10-16/h5-8H,1-4,9-12H2,(H,19,20). The first-order valence-electron chi connectivity index (χ1n) is 7.72. The summed E-state index contributed by atoms with van der Waals surface area (Å²) < 4.78 is -0.627. The molecular formula is C17H21ClO2S. The normalized spacial score (nSPS) is 23.3. The van der Waals surface area contributed by atoms with Crippen LogP contribution in [0.2, 0.25) is 5.02 Å². The van der Waals surface area contributed by atoms with Crippen molar-refractivity contribution in [1.29, 1.82) is 0 Å². The highest BCUT2D eigenvalue weighted by Crippen LogP contribution is 2.62. The number of thioether (sulfide) groups is 1. The number of halogens is 1. The van der Waals surface area contributed by atoms with Gasteiger partial charge in [0.15, 0.2) is 0 Å². The van der Waals surface area contributed by atoms with Crippen molar-refractivity contribution in [3.8, 4) is 0 Å². The lowest BCUT2D eigenvalue weighted by Crippen LogP contribution is -2.54. The van der Waals surface area contributed by atoms with Gasteiger partial charge in [-0.2, -0.15) is 0 Å². The fourth-order valence-corrected chi connectivity index (χ4v) is 5.68. The SMILES string of the molecule is O=C(O)C1(Sc2ccc(Cl)cc2)CC2(CCCCCC2)C1. The molecule has 0 unspecified atom stereocenters. The first-order valence-corrected chi connectivity index (χ1v) is 8.91. The molecule has 1 spiro atoms. The second-order valence-corrected chi connectivity index (χ2v) is 8.52. The smallest absolute Gasteiger partial charge is 0.320 e. The summed E-state index contributed by atoms with van der Waals surface area (Å²) in [7, 11) is 0. The van der Waals surface area contributed by atoms with E-state index in [0.717, 1.165) is 17.7 Å². The zero-order valence-corrected chi connectivity index (χ0v) is 13.7. The van der Waals surface area contributed by atoms with Gasteiger partial charge in [0.2, 0.25) is 0 Å². The number of hydrogen-bond donors (Lipinski definition) is 1. The summed E-state index contributed by atoms with van der Waals surface area (Å²) in [5.41, 5.74) is 0.300. The van der Waals surface area contributed by atoms with E-state index in [1.54, 1.807) is 0 Å². The van der Waals surface area contributed by atoms with Gasteiger partial charge in [-0.3, -0.25) is 4.79 Å². The minimum absolute atomic E-state index is 0.300. The number of aliphatic carboxylic acids is 1. The number of hydrogen-bond acceptors (Lipinski definition) is 2. The lowest BCUT2D eigenvalue weighted by atomic mass is 9.58. The van der Waals surface area contributed by atoms with Gasteiger partial charge in [-0.1, -0.05) is 37.3 Å². The Kier molecular flexibility index (Phi) is 4.24. The first kappa shape index (κ1) is 15.2. The molecular weight excluding hydrogens is 304 g/mol. The molecule has 0 amide bonds. The van der Waals surface area contributed by atoms with Crippen LogP contribution in [0.15, 0.2) is 29.2 Å². The molecule has 0 saturated heterocycles. The molecule has 4 heteroatoms. The van der Waals surface area contributed by atoms with Crippen molar-refractivity contribution in [1.82, 2.24) is 0 Å². The Morgan fingerprint density at radius 3 is 2.14 bits per heavy atom. The molecule has 0 aromatic heterocycles. The number of carboxylic acid groups (broad SMARTS) is 1. The molecule has 1 N–H and O–H groups in total. The Morgan fingerprint density at radius 2 is 1.62 bits per heavy atom. The molecule has 2 aliphatic carbocycles. The minimum atomic E-state index is -0.655. The zero-order chi connectivity index (χ0) is 14.9. The summed E-state index contributed by atoms with van der Waals surface area (Å²) >= 11 is 7.41. The van der Waals surface area contributed by atoms with Crippen LogP contribution in [0.3, 0.4) is 0 Å². The summed E-state index contributed by atoms with van der Waals surface area (Å²) in [6.45, 7) is 0. The van der Waals surface area contributed by atoms with Gasteiger partial charge in [0, 0.05) is 9.92 Å². The van der Waals surface area contributed by atoms with Crippen LogP contribution in [0.5, 0.6) is 0 Å². The Morgan fingerprint density at radius 1 is 1.05 bits per heavy atom. The highest BCUT2D eigenvalue weighted by atomic mass is 35.5. The summed E-state index contributed by atoms with van der Waals surface area (Å²) in [6.07, 6.45) is 9.22. The molecule has 3 rings (SSSR count). The van der Waals surface area contributed by atoms with E-state index in [0.29, 0.717) is 10.4 Å². The van der Waals surface area contributed by atoms with Crippen molar-refractivity contribution in [3.63, 3.8) is 0 Å². The fraction of sp³-hybridized carbons (Fsp3) is 0.588. The fourth-order valence-electron chi connectivity index (χ4n) is 3.99. The third-order valence-corrected chi connectivity index (χ3v) is 6.62. The number of carboxylic acids is 1. The second kappa shape index (κ2) is 5.85. The lowest BCUT2D eigenvalue weighted by Gasteiger charge is -2.53. The van der Waals surface area contributed by atoms with E-state index >= 15 is 0 Å². The molecule has 2 nitrogen and oxygen atoms in total. The van der Waals surface area contributed by atoms with Crippen LogP contribution >= 0.6 is 23.4 Å². The van der Waals surface area contributed by atoms with Crippen molar-refractivity contribution in [3.05, 3.63) is 29.3 Å². The van der Waals surface area contributed by atoms with Crippen LogP contribution in [-0.2, 0) is 4.79 Å². The van der Waals surface area contributed by atoms with Gasteiger partial charge in [-0.15, -0.1) is 11.8 Å². The number of carbonyl (C=O) groups is 1. The maximum absolute atomic E-state index is 11.8. The monoisotopic (exact) mass is 324 g/mol. The lowest BCUT2D eigenvalue weighted by molar-refractivity contribution is -0.147. The van der Waals surface area contributed by atoms with Crippen molar-refractivity contribution in [2.75, 3.05) is 0 Å².